The molecular weight excluding hydrogens is 542 g/mol. The van der Waals surface area contributed by atoms with Crippen LogP contribution in [0.25, 0.3) is 0 Å². The molecule has 1 aliphatic heterocycles. The molecule has 1 aromatic carbocycles. The van der Waals surface area contributed by atoms with Gasteiger partial charge in [0.05, 0.1) is 13.2 Å². The second-order valence-electron chi connectivity index (χ2n) is 7.80. The van der Waals surface area contributed by atoms with Gasteiger partial charge in [-0.25, -0.2) is 0 Å². The number of alkyl halides is 3. The molecule has 11 heteroatoms. The summed E-state index contributed by atoms with van der Waals surface area (Å²) in [7, 11) is 0. The lowest BCUT2D eigenvalue weighted by Gasteiger charge is -2.25. The highest BCUT2D eigenvalue weighted by atomic mass is 127. The number of aliphatic hydroxyl groups is 2. The number of halogens is 4. The largest absolute Gasteiger partial charge is 0.573 e. The fourth-order valence-corrected chi connectivity index (χ4v) is 3.48. The monoisotopic (exact) mass is 575 g/mol. The van der Waals surface area contributed by atoms with Gasteiger partial charge in [-0.05, 0) is 43.9 Å². The zero-order valence-corrected chi connectivity index (χ0v) is 20.5. The molecule has 4 N–H and O–H groups in total. The molecule has 1 heterocycles. The van der Waals surface area contributed by atoms with Crippen LogP contribution in [0.5, 0.6) is 5.75 Å². The molecule has 2 atom stereocenters. The van der Waals surface area contributed by atoms with Crippen LogP contribution in [-0.4, -0.2) is 68.6 Å². The summed E-state index contributed by atoms with van der Waals surface area (Å²) in [6.45, 7) is 4.81. The highest BCUT2D eigenvalue weighted by molar-refractivity contribution is 14.0. The second-order valence-corrected chi connectivity index (χ2v) is 7.80. The van der Waals surface area contributed by atoms with Crippen LogP contribution in [0, 0.1) is 11.3 Å². The molecule has 32 heavy (non-hydrogen) atoms. The summed E-state index contributed by atoms with van der Waals surface area (Å²) in [6, 6.07) is 5.64. The number of aliphatic imine (C=N–C) groups is 1. The standard InChI is InChI=1S/C21H32F3N3O4.HI/c1-2-25-19(27-14-20(7-9-28)8-10-30-15-20)26-12-17(13-29)11-16-3-5-18(6-4-16)31-21(22,23)24;/h3-6,17,28-29H,2,7-15H2,1H3,(H2,25,26,27);1H. The third-order valence-electron chi connectivity index (χ3n) is 5.24. The molecule has 7 nitrogen and oxygen atoms in total. The molecule has 2 unspecified atom stereocenters. The van der Waals surface area contributed by atoms with E-state index in [1.165, 1.54) is 12.1 Å². The van der Waals surface area contributed by atoms with E-state index in [0.717, 1.165) is 12.0 Å². The molecule has 2 rings (SSSR count). The van der Waals surface area contributed by atoms with Gasteiger partial charge in [0.2, 0.25) is 0 Å². The van der Waals surface area contributed by atoms with Gasteiger partial charge in [-0.15, -0.1) is 37.1 Å². The van der Waals surface area contributed by atoms with Gasteiger partial charge in [0.25, 0.3) is 0 Å². The number of ether oxygens (including phenoxy) is 2. The topological polar surface area (TPSA) is 95.3 Å². The first kappa shape index (κ1) is 28.7. The molecule has 0 bridgehead atoms. The van der Waals surface area contributed by atoms with Crippen molar-refractivity contribution in [3.63, 3.8) is 0 Å². The Morgan fingerprint density at radius 2 is 1.97 bits per heavy atom. The number of rotatable bonds is 11. The minimum Gasteiger partial charge on any atom is -0.406 e. The molecule has 0 saturated carbocycles. The van der Waals surface area contributed by atoms with Crippen molar-refractivity contribution in [3.05, 3.63) is 29.8 Å². The minimum atomic E-state index is -4.72. The Labute approximate surface area is 203 Å². The van der Waals surface area contributed by atoms with Crippen LogP contribution in [0.2, 0.25) is 0 Å². The second kappa shape index (κ2) is 14.1. The number of guanidine groups is 1. The maximum absolute atomic E-state index is 12.3. The summed E-state index contributed by atoms with van der Waals surface area (Å²) in [5.74, 6) is 0.183. The fourth-order valence-electron chi connectivity index (χ4n) is 3.48. The van der Waals surface area contributed by atoms with Crippen molar-refractivity contribution in [1.29, 1.82) is 0 Å². The first-order chi connectivity index (χ1) is 14.8. The summed E-state index contributed by atoms with van der Waals surface area (Å²) in [4.78, 5) is 4.64. The highest BCUT2D eigenvalue weighted by Gasteiger charge is 2.34. The third kappa shape index (κ3) is 10.1. The van der Waals surface area contributed by atoms with Crippen molar-refractivity contribution in [3.8, 4) is 5.75 Å². The number of aliphatic hydroxyl groups excluding tert-OH is 2. The fraction of sp³-hybridized carbons (Fsp3) is 0.667. The number of nitrogens with zero attached hydrogens (tertiary/aromatic N) is 1. The normalized spacial score (nSPS) is 19.9. The van der Waals surface area contributed by atoms with Gasteiger partial charge in [-0.2, -0.15) is 0 Å². The zero-order valence-electron chi connectivity index (χ0n) is 18.2. The molecule has 1 aromatic rings. The van der Waals surface area contributed by atoms with Gasteiger partial charge < -0.3 is 30.3 Å². The summed E-state index contributed by atoms with van der Waals surface area (Å²) in [6.07, 6.45) is -2.76. The van der Waals surface area contributed by atoms with Crippen LogP contribution in [0.15, 0.2) is 29.3 Å². The van der Waals surface area contributed by atoms with Crippen LogP contribution >= 0.6 is 24.0 Å². The Hall–Kier alpha value is -1.31. The number of benzene rings is 1. The third-order valence-corrected chi connectivity index (χ3v) is 5.24. The molecule has 184 valence electrons. The Morgan fingerprint density at radius 1 is 1.25 bits per heavy atom. The lowest BCUT2D eigenvalue weighted by molar-refractivity contribution is -0.274. The van der Waals surface area contributed by atoms with Crippen molar-refractivity contribution < 1.29 is 32.9 Å². The Kier molecular flexibility index (Phi) is 12.6. The summed E-state index contributed by atoms with van der Waals surface area (Å²) in [5.41, 5.74) is 0.635. The maximum Gasteiger partial charge on any atom is 0.573 e. The van der Waals surface area contributed by atoms with E-state index in [2.05, 4.69) is 20.4 Å². The van der Waals surface area contributed by atoms with Gasteiger partial charge in [0.15, 0.2) is 5.96 Å². The summed E-state index contributed by atoms with van der Waals surface area (Å²) < 4.78 is 46.2. The number of nitrogens with one attached hydrogen (secondary N) is 2. The van der Waals surface area contributed by atoms with E-state index in [9.17, 15) is 23.4 Å². The molecule has 1 aliphatic rings. The van der Waals surface area contributed by atoms with Gasteiger partial charge in [-0.3, -0.25) is 4.99 Å². The van der Waals surface area contributed by atoms with Gasteiger partial charge >= 0.3 is 6.36 Å². The first-order valence-corrected chi connectivity index (χ1v) is 10.5. The van der Waals surface area contributed by atoms with Crippen molar-refractivity contribution >= 4 is 29.9 Å². The smallest absolute Gasteiger partial charge is 0.406 e. The van der Waals surface area contributed by atoms with Crippen molar-refractivity contribution in [2.45, 2.75) is 32.5 Å². The Bertz CT molecular complexity index is 684. The number of hydrogen-bond acceptors (Lipinski definition) is 5. The Balaban J connectivity index is 0.00000512. The zero-order chi connectivity index (χ0) is 22.7. The lowest BCUT2D eigenvalue weighted by Crippen LogP contribution is -2.42. The molecule has 0 amide bonds. The van der Waals surface area contributed by atoms with Crippen LogP contribution < -0.4 is 15.4 Å². The average molecular weight is 575 g/mol. The summed E-state index contributed by atoms with van der Waals surface area (Å²) >= 11 is 0. The van der Waals surface area contributed by atoms with E-state index >= 15 is 0 Å². The summed E-state index contributed by atoms with van der Waals surface area (Å²) in [5, 5.41) is 25.5. The maximum atomic E-state index is 12.3. The van der Waals surface area contributed by atoms with Gasteiger partial charge in [0.1, 0.15) is 5.75 Å². The van der Waals surface area contributed by atoms with Gasteiger partial charge in [0, 0.05) is 44.2 Å². The molecule has 0 aliphatic carbocycles. The van der Waals surface area contributed by atoms with E-state index < -0.39 is 6.36 Å². The predicted molar refractivity (Wildman–Crippen MR) is 126 cm³/mol. The van der Waals surface area contributed by atoms with Crippen molar-refractivity contribution in [2.75, 3.05) is 46.1 Å². The SMILES string of the molecule is CCNC(=NCC1(CCO)CCOC1)NCC(CO)Cc1ccc(OC(F)(F)F)cc1.I. The van der Waals surface area contributed by atoms with Crippen LogP contribution in [-0.2, 0) is 11.2 Å². The number of hydrogen-bond donors (Lipinski definition) is 4. The first-order valence-electron chi connectivity index (χ1n) is 10.5. The molecule has 0 aromatic heterocycles. The predicted octanol–water partition coefficient (Wildman–Crippen LogP) is 2.70. The molecule has 1 saturated heterocycles. The van der Waals surface area contributed by atoms with E-state index in [0.29, 0.717) is 51.6 Å². The van der Waals surface area contributed by atoms with Crippen LogP contribution in [0.4, 0.5) is 13.2 Å². The van der Waals surface area contributed by atoms with E-state index in [1.54, 1.807) is 12.1 Å². The van der Waals surface area contributed by atoms with E-state index in [1.807, 2.05) is 6.92 Å². The quantitative estimate of drug-likeness (QED) is 0.184. The molecule has 1 fully saturated rings. The highest BCUT2D eigenvalue weighted by Crippen LogP contribution is 2.32. The minimum absolute atomic E-state index is 0. The van der Waals surface area contributed by atoms with Gasteiger partial charge in [-0.1, -0.05) is 12.1 Å². The lowest BCUT2D eigenvalue weighted by atomic mass is 9.84. The molecular formula is C21H33F3IN3O4. The molecule has 0 spiro atoms. The van der Waals surface area contributed by atoms with Crippen LogP contribution in [0.3, 0.4) is 0 Å². The average Bonchev–Trinajstić information content (AvgIpc) is 3.18. The molecule has 0 radical (unpaired) electrons. The van der Waals surface area contributed by atoms with E-state index in [-0.39, 0.29) is 54.3 Å². The van der Waals surface area contributed by atoms with Crippen LogP contribution in [0.1, 0.15) is 25.3 Å². The Morgan fingerprint density at radius 3 is 2.50 bits per heavy atom. The van der Waals surface area contributed by atoms with Crippen molar-refractivity contribution in [1.82, 2.24) is 10.6 Å². The van der Waals surface area contributed by atoms with E-state index in [4.69, 9.17) is 4.74 Å². The van der Waals surface area contributed by atoms with Crippen molar-refractivity contribution in [2.24, 2.45) is 16.3 Å².